The third-order valence-electron chi connectivity index (χ3n) is 4.98. The molecule has 7 nitrogen and oxygen atoms in total. The number of rotatable bonds is 6. The van der Waals surface area contributed by atoms with Crippen LogP contribution in [0.15, 0.2) is 61.3 Å². The summed E-state index contributed by atoms with van der Waals surface area (Å²) in [6.45, 7) is 6.72. The maximum atomic E-state index is 11.9. The van der Waals surface area contributed by atoms with Gasteiger partial charge in [-0.3, -0.25) is 4.79 Å². The van der Waals surface area contributed by atoms with Crippen LogP contribution in [0.1, 0.15) is 16.7 Å². The summed E-state index contributed by atoms with van der Waals surface area (Å²) in [4.78, 5) is 22.7. The van der Waals surface area contributed by atoms with Gasteiger partial charge in [0.15, 0.2) is 0 Å². The van der Waals surface area contributed by atoms with Gasteiger partial charge in [-0.25, -0.2) is 4.98 Å². The lowest BCUT2D eigenvalue weighted by Crippen LogP contribution is -2.22. The number of benzene rings is 2. The molecule has 1 aliphatic rings. The Labute approximate surface area is 175 Å². The van der Waals surface area contributed by atoms with Crippen LogP contribution < -0.4 is 15.4 Å². The number of carbonyl (C=O) groups is 1. The zero-order valence-corrected chi connectivity index (χ0v) is 17.0. The molecular weight excluding hydrogens is 378 g/mol. The third kappa shape index (κ3) is 4.10. The number of amides is 1. The number of nitrogens with one attached hydrogen (secondary N) is 2. The number of nitrogens with zero attached hydrogens (tertiary/aromatic N) is 3. The number of hydrogen-bond donors (Lipinski definition) is 2. The molecule has 30 heavy (non-hydrogen) atoms. The molecule has 1 aromatic heterocycles. The third-order valence-corrected chi connectivity index (χ3v) is 4.98. The Bertz CT molecular complexity index is 1110. The maximum absolute atomic E-state index is 11.9. The number of methoxy groups -OCH3 is 1. The Balaban J connectivity index is 1.52. The van der Waals surface area contributed by atoms with E-state index in [1.54, 1.807) is 18.2 Å². The van der Waals surface area contributed by atoms with E-state index in [0.717, 1.165) is 33.8 Å². The van der Waals surface area contributed by atoms with Gasteiger partial charge in [0.25, 0.3) is 0 Å². The molecule has 0 radical (unpaired) electrons. The highest BCUT2D eigenvalue weighted by atomic mass is 16.5. The Kier molecular flexibility index (Phi) is 5.34. The molecular formula is C23H23N5O2. The van der Waals surface area contributed by atoms with Crippen molar-refractivity contribution >= 4 is 29.0 Å². The van der Waals surface area contributed by atoms with Crippen LogP contribution in [0.2, 0.25) is 0 Å². The van der Waals surface area contributed by atoms with Gasteiger partial charge in [-0.1, -0.05) is 18.7 Å². The molecule has 2 heterocycles. The molecule has 4 rings (SSSR count). The molecule has 0 saturated carbocycles. The number of carbonyl (C=O) groups excluding carboxylic acids is 1. The molecule has 2 aromatic carbocycles. The molecule has 0 saturated heterocycles. The summed E-state index contributed by atoms with van der Waals surface area (Å²) in [6, 6.07) is 13.7. The van der Waals surface area contributed by atoms with E-state index < -0.39 is 0 Å². The molecule has 3 aromatic rings. The molecule has 1 aliphatic heterocycles. The van der Waals surface area contributed by atoms with Crippen molar-refractivity contribution in [1.82, 2.24) is 14.9 Å². The van der Waals surface area contributed by atoms with Crippen LogP contribution in [0.3, 0.4) is 0 Å². The van der Waals surface area contributed by atoms with Gasteiger partial charge in [0.05, 0.1) is 7.11 Å². The summed E-state index contributed by atoms with van der Waals surface area (Å²) in [6.07, 6.45) is 3.13. The zero-order chi connectivity index (χ0) is 21.1. The predicted octanol–water partition coefficient (Wildman–Crippen LogP) is 4.31. The van der Waals surface area contributed by atoms with E-state index in [1.165, 1.54) is 6.08 Å². The zero-order valence-electron chi connectivity index (χ0n) is 17.0. The van der Waals surface area contributed by atoms with Crippen molar-refractivity contribution in [3.8, 4) is 5.75 Å². The van der Waals surface area contributed by atoms with Crippen molar-refractivity contribution in [2.45, 2.75) is 20.0 Å². The summed E-state index contributed by atoms with van der Waals surface area (Å²) in [7, 11) is 1.63. The smallest absolute Gasteiger partial charge is 0.246 e. The SMILES string of the molecule is C=CC(=O)N1Cc2ccc(Nc3nc(Nc4cccc(OC)c4)ncc3C)cc2C1. The first-order chi connectivity index (χ1) is 14.6. The van der Waals surface area contributed by atoms with Crippen molar-refractivity contribution < 1.29 is 9.53 Å². The molecule has 0 unspecified atom stereocenters. The highest BCUT2D eigenvalue weighted by Crippen LogP contribution is 2.28. The molecule has 2 N–H and O–H groups in total. The van der Waals surface area contributed by atoms with Crippen LogP contribution >= 0.6 is 0 Å². The fourth-order valence-corrected chi connectivity index (χ4v) is 3.35. The van der Waals surface area contributed by atoms with E-state index in [4.69, 9.17) is 4.74 Å². The monoisotopic (exact) mass is 401 g/mol. The van der Waals surface area contributed by atoms with Gasteiger partial charge in [0.1, 0.15) is 11.6 Å². The quantitative estimate of drug-likeness (QED) is 0.599. The number of aromatic nitrogens is 2. The molecule has 7 heteroatoms. The number of fused-ring (bicyclic) bond motifs is 1. The summed E-state index contributed by atoms with van der Waals surface area (Å²) >= 11 is 0. The second-order valence-corrected chi connectivity index (χ2v) is 7.09. The minimum Gasteiger partial charge on any atom is -0.497 e. The number of hydrogen-bond acceptors (Lipinski definition) is 6. The van der Waals surface area contributed by atoms with E-state index >= 15 is 0 Å². The fourth-order valence-electron chi connectivity index (χ4n) is 3.35. The number of ether oxygens (including phenoxy) is 1. The van der Waals surface area contributed by atoms with E-state index in [0.29, 0.717) is 24.9 Å². The first kappa shape index (κ1) is 19.4. The average molecular weight is 401 g/mol. The topological polar surface area (TPSA) is 79.4 Å². The normalized spacial score (nSPS) is 12.3. The van der Waals surface area contributed by atoms with Crippen LogP contribution in [-0.4, -0.2) is 27.9 Å². The van der Waals surface area contributed by atoms with Crippen LogP contribution in [0.4, 0.5) is 23.1 Å². The summed E-state index contributed by atoms with van der Waals surface area (Å²) < 4.78 is 5.26. The molecule has 1 amide bonds. The molecule has 0 aliphatic carbocycles. The van der Waals surface area contributed by atoms with Crippen molar-refractivity contribution in [2.75, 3.05) is 17.7 Å². The largest absolute Gasteiger partial charge is 0.497 e. The van der Waals surface area contributed by atoms with Crippen molar-refractivity contribution in [3.05, 3.63) is 78.0 Å². The van der Waals surface area contributed by atoms with Gasteiger partial charge in [-0.05, 0) is 48.4 Å². The summed E-state index contributed by atoms with van der Waals surface area (Å²) in [5.74, 6) is 1.90. The number of anilines is 4. The first-order valence-electron chi connectivity index (χ1n) is 9.60. The molecule has 0 atom stereocenters. The molecule has 0 bridgehead atoms. The van der Waals surface area contributed by atoms with Gasteiger partial charge >= 0.3 is 0 Å². The van der Waals surface area contributed by atoms with E-state index in [-0.39, 0.29) is 5.91 Å². The van der Waals surface area contributed by atoms with Crippen molar-refractivity contribution in [2.24, 2.45) is 0 Å². The minimum atomic E-state index is -0.0550. The van der Waals surface area contributed by atoms with Crippen molar-refractivity contribution in [3.63, 3.8) is 0 Å². The van der Waals surface area contributed by atoms with Gasteiger partial charge in [0, 0.05) is 42.3 Å². The van der Waals surface area contributed by atoms with E-state index in [2.05, 4.69) is 33.2 Å². The lowest BCUT2D eigenvalue weighted by molar-refractivity contribution is -0.126. The Morgan fingerprint density at radius 1 is 1.13 bits per heavy atom. The highest BCUT2D eigenvalue weighted by Gasteiger charge is 2.21. The highest BCUT2D eigenvalue weighted by molar-refractivity contribution is 5.87. The molecule has 152 valence electrons. The predicted molar refractivity (Wildman–Crippen MR) is 117 cm³/mol. The van der Waals surface area contributed by atoms with Gasteiger partial charge < -0.3 is 20.3 Å². The fraction of sp³-hybridized carbons (Fsp3) is 0.174. The van der Waals surface area contributed by atoms with Gasteiger partial charge in [0.2, 0.25) is 11.9 Å². The van der Waals surface area contributed by atoms with Crippen LogP contribution in [0, 0.1) is 6.92 Å². The standard InChI is InChI=1S/C23H23N5O2/c1-4-21(29)28-13-16-8-9-19(10-17(16)14-28)25-22-15(2)12-24-23(27-22)26-18-6-5-7-20(11-18)30-3/h4-12H,1,13-14H2,2-3H3,(H2,24,25,26,27). The lowest BCUT2D eigenvalue weighted by atomic mass is 10.1. The molecule has 0 spiro atoms. The molecule has 0 fully saturated rings. The summed E-state index contributed by atoms with van der Waals surface area (Å²) in [5.41, 5.74) is 4.95. The Morgan fingerprint density at radius 2 is 1.93 bits per heavy atom. The van der Waals surface area contributed by atoms with E-state index in [1.807, 2.05) is 43.3 Å². The lowest BCUT2D eigenvalue weighted by Gasteiger charge is -2.12. The minimum absolute atomic E-state index is 0.0550. The number of aryl methyl sites for hydroxylation is 1. The van der Waals surface area contributed by atoms with Crippen LogP contribution in [-0.2, 0) is 17.9 Å². The Morgan fingerprint density at radius 3 is 2.73 bits per heavy atom. The second kappa shape index (κ2) is 8.24. The van der Waals surface area contributed by atoms with Gasteiger partial charge in [-0.2, -0.15) is 4.98 Å². The van der Waals surface area contributed by atoms with E-state index in [9.17, 15) is 4.79 Å². The average Bonchev–Trinajstić information content (AvgIpc) is 3.19. The Hall–Kier alpha value is -3.87. The summed E-state index contributed by atoms with van der Waals surface area (Å²) in [5, 5.41) is 6.57. The van der Waals surface area contributed by atoms with Gasteiger partial charge in [-0.15, -0.1) is 0 Å². The van der Waals surface area contributed by atoms with Crippen molar-refractivity contribution in [1.29, 1.82) is 0 Å². The maximum Gasteiger partial charge on any atom is 0.246 e. The van der Waals surface area contributed by atoms with Crippen LogP contribution in [0.5, 0.6) is 5.75 Å². The second-order valence-electron chi connectivity index (χ2n) is 7.09. The first-order valence-corrected chi connectivity index (χ1v) is 9.60. The van der Waals surface area contributed by atoms with Crippen LogP contribution in [0.25, 0.3) is 0 Å².